The summed E-state index contributed by atoms with van der Waals surface area (Å²) in [5, 5.41) is 4.42. The van der Waals surface area contributed by atoms with Crippen LogP contribution in [0.3, 0.4) is 0 Å². The van der Waals surface area contributed by atoms with E-state index >= 15 is 0 Å². The van der Waals surface area contributed by atoms with Crippen molar-refractivity contribution < 1.29 is 9.53 Å². The fourth-order valence-electron chi connectivity index (χ4n) is 3.12. The molecule has 1 N–H and O–H groups in total. The molecule has 0 spiro atoms. The van der Waals surface area contributed by atoms with Crippen molar-refractivity contribution in [3.63, 3.8) is 0 Å². The number of ether oxygens (including phenoxy) is 1. The second-order valence-corrected chi connectivity index (χ2v) is 6.22. The van der Waals surface area contributed by atoms with Gasteiger partial charge in [0.15, 0.2) is 0 Å². The molecule has 0 radical (unpaired) electrons. The molecule has 130 valence electrons. The molecular weight excluding hydrogens is 326 g/mol. The average molecular weight is 345 g/mol. The Morgan fingerprint density at radius 1 is 1.08 bits per heavy atom. The van der Waals surface area contributed by atoms with Crippen LogP contribution in [0.4, 0.5) is 0 Å². The van der Waals surface area contributed by atoms with Crippen LogP contribution in [0.1, 0.15) is 34.1 Å². The maximum Gasteiger partial charge on any atom is 0.287 e. The van der Waals surface area contributed by atoms with Crippen molar-refractivity contribution in [3.05, 3.63) is 89.7 Å². The molecule has 1 amide bonds. The molecule has 26 heavy (non-hydrogen) atoms. The molecule has 0 fully saturated rings. The zero-order valence-corrected chi connectivity index (χ0v) is 14.4. The first-order valence-electron chi connectivity index (χ1n) is 8.51. The Morgan fingerprint density at radius 3 is 2.62 bits per heavy atom. The topological polar surface area (TPSA) is 55.6 Å². The second kappa shape index (κ2) is 6.88. The minimum atomic E-state index is -0.231. The first-order chi connectivity index (χ1) is 12.7. The predicted octanol–water partition coefficient (Wildman–Crippen LogP) is 3.68. The van der Waals surface area contributed by atoms with Gasteiger partial charge in [0.25, 0.3) is 5.91 Å². The van der Waals surface area contributed by atoms with E-state index in [1.807, 2.05) is 73.9 Å². The molecule has 1 aromatic heterocycles. The van der Waals surface area contributed by atoms with E-state index in [0.717, 1.165) is 22.6 Å². The van der Waals surface area contributed by atoms with Gasteiger partial charge in [-0.3, -0.25) is 4.79 Å². The van der Waals surface area contributed by atoms with E-state index in [4.69, 9.17) is 4.74 Å². The summed E-state index contributed by atoms with van der Waals surface area (Å²) in [5.74, 6) is 0.546. The quantitative estimate of drug-likeness (QED) is 0.736. The third kappa shape index (κ3) is 3.11. The average Bonchev–Trinajstić information content (AvgIpc) is 3.12. The van der Waals surface area contributed by atoms with Gasteiger partial charge in [0.2, 0.25) is 0 Å². The Balaban J connectivity index is 1.63. The number of benzene rings is 2. The highest BCUT2D eigenvalue weighted by Crippen LogP contribution is 2.34. The molecule has 5 heteroatoms. The highest BCUT2D eigenvalue weighted by molar-refractivity contribution is 6.05. The van der Waals surface area contributed by atoms with Crippen LogP contribution < -0.4 is 10.2 Å². The smallest absolute Gasteiger partial charge is 0.287 e. The van der Waals surface area contributed by atoms with Gasteiger partial charge in [-0.2, -0.15) is 5.10 Å². The highest BCUT2D eigenvalue weighted by atomic mass is 16.5. The number of aromatic nitrogens is 1. The van der Waals surface area contributed by atoms with E-state index < -0.39 is 0 Å². The zero-order valence-electron chi connectivity index (χ0n) is 14.4. The van der Waals surface area contributed by atoms with Crippen molar-refractivity contribution in [3.8, 4) is 5.75 Å². The second-order valence-electron chi connectivity index (χ2n) is 6.22. The summed E-state index contributed by atoms with van der Waals surface area (Å²) in [7, 11) is 1.83. The van der Waals surface area contributed by atoms with Gasteiger partial charge in [0.05, 0.1) is 5.71 Å². The lowest BCUT2D eigenvalue weighted by Gasteiger charge is -2.27. The van der Waals surface area contributed by atoms with Crippen LogP contribution in [0.15, 0.2) is 78.0 Å². The number of rotatable bonds is 3. The molecule has 0 saturated heterocycles. The number of aryl methyl sites for hydroxylation is 1. The molecule has 5 nitrogen and oxygen atoms in total. The minimum absolute atomic E-state index is 0.128. The van der Waals surface area contributed by atoms with Gasteiger partial charge in [0, 0.05) is 25.2 Å². The third-order valence-corrected chi connectivity index (χ3v) is 4.49. The largest absolute Gasteiger partial charge is 0.485 e. The van der Waals surface area contributed by atoms with E-state index in [9.17, 15) is 4.79 Å². The Morgan fingerprint density at radius 2 is 1.85 bits per heavy atom. The summed E-state index contributed by atoms with van der Waals surface area (Å²) in [6.07, 6.45) is 2.29. The summed E-state index contributed by atoms with van der Waals surface area (Å²) in [4.78, 5) is 12.4. The van der Waals surface area contributed by atoms with Crippen LogP contribution in [0.2, 0.25) is 0 Å². The van der Waals surface area contributed by atoms with Gasteiger partial charge >= 0.3 is 0 Å². The molecule has 1 atom stereocenters. The summed E-state index contributed by atoms with van der Waals surface area (Å²) >= 11 is 0. The van der Waals surface area contributed by atoms with Gasteiger partial charge in [-0.1, -0.05) is 42.5 Å². The van der Waals surface area contributed by atoms with Crippen molar-refractivity contribution in [2.24, 2.45) is 12.1 Å². The Hall–Kier alpha value is -3.34. The van der Waals surface area contributed by atoms with Gasteiger partial charge in [0.1, 0.15) is 17.5 Å². The number of carbonyl (C=O) groups excluding carboxylic acids is 1. The molecule has 2 heterocycles. The predicted molar refractivity (Wildman–Crippen MR) is 100 cm³/mol. The number of fused-ring (bicyclic) bond motifs is 1. The number of nitrogens with zero attached hydrogens (tertiary/aromatic N) is 2. The zero-order chi connectivity index (χ0) is 17.9. The SMILES string of the molecule is Cn1cccc1C(=O)NN=C1CC(c2ccccc2)Oc2ccccc21. The van der Waals surface area contributed by atoms with E-state index in [1.165, 1.54) is 0 Å². The van der Waals surface area contributed by atoms with Gasteiger partial charge in [-0.15, -0.1) is 0 Å². The minimum Gasteiger partial charge on any atom is -0.485 e. The van der Waals surface area contributed by atoms with Crippen LogP contribution in [0, 0.1) is 0 Å². The van der Waals surface area contributed by atoms with Crippen molar-refractivity contribution in [2.75, 3.05) is 0 Å². The van der Waals surface area contributed by atoms with Crippen LogP contribution in [0.25, 0.3) is 0 Å². The monoisotopic (exact) mass is 345 g/mol. The van der Waals surface area contributed by atoms with Crippen molar-refractivity contribution in [1.29, 1.82) is 0 Å². The number of nitrogens with one attached hydrogen (secondary N) is 1. The lowest BCUT2D eigenvalue weighted by molar-refractivity contribution is 0.0946. The molecule has 0 saturated carbocycles. The van der Waals surface area contributed by atoms with E-state index in [2.05, 4.69) is 10.5 Å². The third-order valence-electron chi connectivity index (χ3n) is 4.49. The number of amides is 1. The Labute approximate surface area is 151 Å². The number of hydrogen-bond acceptors (Lipinski definition) is 3. The fraction of sp³-hybridized carbons (Fsp3) is 0.143. The molecular formula is C21H19N3O2. The van der Waals surface area contributed by atoms with E-state index in [1.54, 1.807) is 10.6 Å². The molecule has 2 aromatic carbocycles. The number of para-hydroxylation sites is 1. The molecule has 3 aromatic rings. The Kier molecular flexibility index (Phi) is 4.27. The van der Waals surface area contributed by atoms with Crippen LogP contribution in [-0.4, -0.2) is 16.2 Å². The highest BCUT2D eigenvalue weighted by Gasteiger charge is 2.26. The van der Waals surface area contributed by atoms with Gasteiger partial charge < -0.3 is 9.30 Å². The maximum atomic E-state index is 12.4. The van der Waals surface area contributed by atoms with Crippen molar-refractivity contribution in [2.45, 2.75) is 12.5 Å². The van der Waals surface area contributed by atoms with Crippen molar-refractivity contribution >= 4 is 11.6 Å². The molecule has 1 aliphatic rings. The number of carbonyl (C=O) groups is 1. The maximum absolute atomic E-state index is 12.4. The summed E-state index contributed by atoms with van der Waals surface area (Å²) in [6.45, 7) is 0. The summed E-state index contributed by atoms with van der Waals surface area (Å²) in [6, 6.07) is 21.4. The first-order valence-corrected chi connectivity index (χ1v) is 8.51. The summed E-state index contributed by atoms with van der Waals surface area (Å²) < 4.78 is 7.91. The van der Waals surface area contributed by atoms with E-state index in [-0.39, 0.29) is 12.0 Å². The van der Waals surface area contributed by atoms with Gasteiger partial charge in [-0.05, 0) is 29.8 Å². The first kappa shape index (κ1) is 16.1. The molecule has 4 rings (SSSR count). The van der Waals surface area contributed by atoms with Crippen molar-refractivity contribution in [1.82, 2.24) is 9.99 Å². The Bertz CT molecular complexity index is 960. The van der Waals surface area contributed by atoms with Crippen LogP contribution in [-0.2, 0) is 7.05 Å². The lowest BCUT2D eigenvalue weighted by Crippen LogP contribution is -2.26. The molecule has 1 unspecified atom stereocenters. The van der Waals surface area contributed by atoms with Gasteiger partial charge in [-0.25, -0.2) is 5.43 Å². The normalized spacial score (nSPS) is 17.4. The van der Waals surface area contributed by atoms with Crippen LogP contribution >= 0.6 is 0 Å². The van der Waals surface area contributed by atoms with Crippen LogP contribution in [0.5, 0.6) is 5.75 Å². The molecule has 0 aliphatic carbocycles. The number of hydrazone groups is 1. The standard InChI is InChI=1S/C21H19N3O2/c1-24-13-7-11-18(24)21(25)23-22-17-14-20(15-8-3-2-4-9-15)26-19-12-6-5-10-16(17)19/h2-13,20H,14H2,1H3,(H,23,25). The lowest BCUT2D eigenvalue weighted by atomic mass is 9.96. The molecule has 1 aliphatic heterocycles. The fourth-order valence-corrected chi connectivity index (χ4v) is 3.12. The van der Waals surface area contributed by atoms with E-state index in [0.29, 0.717) is 12.1 Å². The summed E-state index contributed by atoms with van der Waals surface area (Å²) in [5.41, 5.74) is 6.05. The number of hydrogen-bond donors (Lipinski definition) is 1. The molecule has 0 bridgehead atoms.